The van der Waals surface area contributed by atoms with Gasteiger partial charge in [-0.2, -0.15) is 9.50 Å². The van der Waals surface area contributed by atoms with Crippen LogP contribution in [-0.4, -0.2) is 21.7 Å². The lowest BCUT2D eigenvalue weighted by Crippen LogP contribution is -2.23. The lowest BCUT2D eigenvalue weighted by atomic mass is 10.1. The molecule has 0 N–H and O–H groups in total. The third kappa shape index (κ3) is 3.66. The molecule has 2 aromatic heterocycles. The molecule has 134 valence electrons. The Morgan fingerprint density at radius 3 is 2.37 bits per heavy atom. The van der Waals surface area contributed by atoms with E-state index in [-0.39, 0.29) is 5.56 Å². The number of aryl methyl sites for hydroxylation is 1. The van der Waals surface area contributed by atoms with Crippen LogP contribution in [0.3, 0.4) is 0 Å². The monoisotopic (exact) mass is 375 g/mol. The molecular weight excluding hydrogens is 358 g/mol. The first-order chi connectivity index (χ1) is 13.1. The van der Waals surface area contributed by atoms with E-state index in [0.29, 0.717) is 15.3 Å². The molecule has 0 aliphatic heterocycles. The van der Waals surface area contributed by atoms with Crippen molar-refractivity contribution in [2.45, 2.75) is 6.92 Å². The molecule has 2 heterocycles. The number of hydrogen-bond acceptors (Lipinski definition) is 5. The number of hydrogen-bond donors (Lipinski definition) is 0. The fourth-order valence-electron chi connectivity index (χ4n) is 2.62. The average Bonchev–Trinajstić information content (AvgIpc) is 3.21. The number of methoxy groups -OCH3 is 1. The first kappa shape index (κ1) is 17.2. The smallest absolute Gasteiger partial charge is 0.291 e. The van der Waals surface area contributed by atoms with Crippen LogP contribution in [0.5, 0.6) is 5.75 Å². The Balaban J connectivity index is 1.62. The van der Waals surface area contributed by atoms with Gasteiger partial charge >= 0.3 is 0 Å². The fraction of sp³-hybridized carbons (Fsp3) is 0.0952. The quantitative estimate of drug-likeness (QED) is 0.550. The maximum atomic E-state index is 12.6. The number of nitrogens with zero attached hydrogens (tertiary/aromatic N) is 3. The van der Waals surface area contributed by atoms with Gasteiger partial charge in [0.15, 0.2) is 5.82 Å². The Hall–Kier alpha value is -3.25. The zero-order valence-electron chi connectivity index (χ0n) is 14.9. The van der Waals surface area contributed by atoms with E-state index < -0.39 is 0 Å². The molecule has 4 rings (SSSR count). The minimum Gasteiger partial charge on any atom is -0.497 e. The normalized spacial score (nSPS) is 12.3. The summed E-state index contributed by atoms with van der Waals surface area (Å²) in [5, 5.41) is 4.31. The summed E-state index contributed by atoms with van der Waals surface area (Å²) in [7, 11) is 1.64. The molecule has 2 aromatic carbocycles. The molecule has 0 radical (unpaired) electrons. The standard InChI is InChI=1S/C21H17N3O2S/c1-14-3-5-16(6-4-14)13-18-20(25)24-21(27-18)22-19(23-24)12-9-15-7-10-17(26-2)11-8-15/h3-13H,1-2H3. The van der Waals surface area contributed by atoms with Gasteiger partial charge in [-0.25, -0.2) is 0 Å². The molecule has 0 atom stereocenters. The summed E-state index contributed by atoms with van der Waals surface area (Å²) in [5.41, 5.74) is 3.03. The van der Waals surface area contributed by atoms with Crippen LogP contribution < -0.4 is 14.8 Å². The summed E-state index contributed by atoms with van der Waals surface area (Å²) in [4.78, 5) is 17.6. The molecule has 0 saturated heterocycles. The highest BCUT2D eigenvalue weighted by molar-refractivity contribution is 7.15. The molecule has 0 amide bonds. The lowest BCUT2D eigenvalue weighted by Gasteiger charge is -1.98. The molecule has 0 aliphatic carbocycles. The summed E-state index contributed by atoms with van der Waals surface area (Å²) in [6.07, 6.45) is 5.57. The first-order valence-electron chi connectivity index (χ1n) is 8.42. The van der Waals surface area contributed by atoms with Crippen molar-refractivity contribution >= 4 is 34.5 Å². The summed E-state index contributed by atoms with van der Waals surface area (Å²) in [6.45, 7) is 2.03. The number of aromatic nitrogens is 3. The highest BCUT2D eigenvalue weighted by atomic mass is 32.1. The van der Waals surface area contributed by atoms with Crippen molar-refractivity contribution in [2.24, 2.45) is 0 Å². The Morgan fingerprint density at radius 1 is 1.00 bits per heavy atom. The molecule has 6 heteroatoms. The van der Waals surface area contributed by atoms with Gasteiger partial charge in [-0.1, -0.05) is 59.4 Å². The minimum absolute atomic E-state index is 0.146. The minimum atomic E-state index is -0.146. The van der Waals surface area contributed by atoms with Crippen molar-refractivity contribution in [3.8, 4) is 5.75 Å². The highest BCUT2D eigenvalue weighted by Crippen LogP contribution is 2.13. The fourth-order valence-corrected chi connectivity index (χ4v) is 3.53. The van der Waals surface area contributed by atoms with Crippen molar-refractivity contribution in [3.63, 3.8) is 0 Å². The third-order valence-electron chi connectivity index (χ3n) is 4.11. The van der Waals surface area contributed by atoms with Crippen LogP contribution in [0.4, 0.5) is 0 Å². The molecule has 0 fully saturated rings. The summed E-state index contributed by atoms with van der Waals surface area (Å²) in [5.74, 6) is 1.32. The molecule has 0 saturated carbocycles. The zero-order valence-corrected chi connectivity index (χ0v) is 15.7. The van der Waals surface area contributed by atoms with Crippen molar-refractivity contribution in [1.82, 2.24) is 14.6 Å². The molecule has 0 unspecified atom stereocenters. The van der Waals surface area contributed by atoms with Crippen LogP contribution in [-0.2, 0) is 0 Å². The van der Waals surface area contributed by atoms with Gasteiger partial charge in [0, 0.05) is 0 Å². The van der Waals surface area contributed by atoms with Crippen LogP contribution in [0.2, 0.25) is 0 Å². The van der Waals surface area contributed by atoms with Gasteiger partial charge in [0.05, 0.1) is 11.6 Å². The second-order valence-corrected chi connectivity index (χ2v) is 7.11. The van der Waals surface area contributed by atoms with Gasteiger partial charge < -0.3 is 4.74 Å². The predicted molar refractivity (Wildman–Crippen MR) is 109 cm³/mol. The van der Waals surface area contributed by atoms with Gasteiger partial charge in [-0.15, -0.1) is 5.10 Å². The van der Waals surface area contributed by atoms with Crippen LogP contribution in [0, 0.1) is 6.92 Å². The van der Waals surface area contributed by atoms with E-state index >= 15 is 0 Å². The van der Waals surface area contributed by atoms with Crippen molar-refractivity contribution < 1.29 is 4.74 Å². The van der Waals surface area contributed by atoms with Crippen LogP contribution in [0.25, 0.3) is 23.2 Å². The van der Waals surface area contributed by atoms with E-state index in [4.69, 9.17) is 4.74 Å². The molecular formula is C21H17N3O2S. The van der Waals surface area contributed by atoms with E-state index in [2.05, 4.69) is 10.1 Å². The van der Waals surface area contributed by atoms with Crippen LogP contribution in [0.15, 0.2) is 53.3 Å². The van der Waals surface area contributed by atoms with E-state index in [1.165, 1.54) is 21.4 Å². The van der Waals surface area contributed by atoms with Crippen molar-refractivity contribution in [3.05, 3.63) is 85.9 Å². The number of rotatable bonds is 4. The van der Waals surface area contributed by atoms with E-state index in [0.717, 1.165) is 16.9 Å². The largest absolute Gasteiger partial charge is 0.497 e. The summed E-state index contributed by atoms with van der Waals surface area (Å²) in [6, 6.07) is 15.7. The van der Waals surface area contributed by atoms with Gasteiger partial charge in [0.1, 0.15) is 5.75 Å². The molecule has 0 aliphatic rings. The Morgan fingerprint density at radius 2 is 1.70 bits per heavy atom. The SMILES string of the molecule is COc1ccc(C=Cc2nc3sc(=Cc4ccc(C)cc4)c(=O)n3n2)cc1. The van der Waals surface area contributed by atoms with Crippen molar-refractivity contribution in [1.29, 1.82) is 0 Å². The molecule has 5 nitrogen and oxygen atoms in total. The maximum Gasteiger partial charge on any atom is 0.291 e. The van der Waals surface area contributed by atoms with Crippen LogP contribution in [0.1, 0.15) is 22.5 Å². The Bertz CT molecular complexity index is 1220. The number of thiazole rings is 1. The first-order valence-corrected chi connectivity index (χ1v) is 9.24. The van der Waals surface area contributed by atoms with Gasteiger partial charge in [0.25, 0.3) is 5.56 Å². The van der Waals surface area contributed by atoms with Gasteiger partial charge in [-0.3, -0.25) is 4.79 Å². The third-order valence-corrected chi connectivity index (χ3v) is 5.07. The molecule has 4 aromatic rings. The average molecular weight is 375 g/mol. The topological polar surface area (TPSA) is 56.5 Å². The zero-order chi connectivity index (χ0) is 18.8. The Labute approximate surface area is 159 Å². The summed E-state index contributed by atoms with van der Waals surface area (Å²) >= 11 is 1.34. The second kappa shape index (κ2) is 7.17. The van der Waals surface area contributed by atoms with E-state index in [1.54, 1.807) is 13.2 Å². The highest BCUT2D eigenvalue weighted by Gasteiger charge is 2.08. The number of fused-ring (bicyclic) bond motifs is 1. The van der Waals surface area contributed by atoms with Gasteiger partial charge in [-0.05, 0) is 42.3 Å². The Kier molecular flexibility index (Phi) is 4.56. The maximum absolute atomic E-state index is 12.6. The van der Waals surface area contributed by atoms with Crippen LogP contribution >= 0.6 is 11.3 Å². The van der Waals surface area contributed by atoms with Gasteiger partial charge in [0.2, 0.25) is 4.96 Å². The lowest BCUT2D eigenvalue weighted by molar-refractivity contribution is 0.415. The second-order valence-electron chi connectivity index (χ2n) is 6.10. The molecule has 0 spiro atoms. The predicted octanol–water partition coefficient (Wildman–Crippen LogP) is 3.19. The number of benzene rings is 2. The molecule has 27 heavy (non-hydrogen) atoms. The van der Waals surface area contributed by atoms with E-state index in [1.807, 2.05) is 67.6 Å². The van der Waals surface area contributed by atoms with E-state index in [9.17, 15) is 4.79 Å². The molecule has 0 bridgehead atoms. The summed E-state index contributed by atoms with van der Waals surface area (Å²) < 4.78 is 7.13. The number of ether oxygens (including phenoxy) is 1. The van der Waals surface area contributed by atoms with Crippen molar-refractivity contribution in [2.75, 3.05) is 7.11 Å².